The number of carbonyl (C=O) groups is 2. The first kappa shape index (κ1) is 16.2. The number of aliphatic hydroxyl groups is 1. The first-order valence-electron chi connectivity index (χ1n) is 7.95. The first-order valence-corrected chi connectivity index (χ1v) is 7.95. The minimum absolute atomic E-state index is 0.169. The number of aliphatic hydroxyl groups excluding tert-OH is 1. The van der Waals surface area contributed by atoms with Crippen LogP contribution in [0.3, 0.4) is 0 Å². The number of nitrogens with zero attached hydrogens (tertiary/aromatic N) is 1. The van der Waals surface area contributed by atoms with E-state index in [0.717, 1.165) is 5.57 Å². The van der Waals surface area contributed by atoms with Crippen LogP contribution in [0.2, 0.25) is 0 Å². The smallest absolute Gasteiger partial charge is 0.426 e. The number of hydrogen-bond acceptors (Lipinski definition) is 4. The summed E-state index contributed by atoms with van der Waals surface area (Å²) >= 11 is 0. The van der Waals surface area contributed by atoms with E-state index in [1.807, 2.05) is 25.2 Å². The van der Waals surface area contributed by atoms with Gasteiger partial charge in [-0.3, -0.25) is 0 Å². The SMILES string of the molecule is CNC1=C2C(=O)[N+](C(C)=O)=C3C=CC(C)=CC3C2/C(=C(/C)O)C=C1. The fourth-order valence-corrected chi connectivity index (χ4v) is 3.68. The molecule has 0 aromatic carbocycles. The van der Waals surface area contributed by atoms with E-state index in [0.29, 0.717) is 22.6 Å². The third kappa shape index (κ3) is 2.28. The molecule has 3 rings (SSSR count). The van der Waals surface area contributed by atoms with Crippen molar-refractivity contribution >= 4 is 17.5 Å². The molecule has 2 aliphatic carbocycles. The van der Waals surface area contributed by atoms with Gasteiger partial charge in [-0.05, 0) is 25.5 Å². The highest BCUT2D eigenvalue weighted by atomic mass is 16.3. The van der Waals surface area contributed by atoms with Gasteiger partial charge in [0.25, 0.3) is 0 Å². The summed E-state index contributed by atoms with van der Waals surface area (Å²) < 4.78 is 1.25. The quantitative estimate of drug-likeness (QED) is 0.572. The lowest BCUT2D eigenvalue weighted by molar-refractivity contribution is -0.382. The fourth-order valence-electron chi connectivity index (χ4n) is 3.68. The summed E-state index contributed by atoms with van der Waals surface area (Å²) in [5.41, 5.74) is 3.64. The predicted molar refractivity (Wildman–Crippen MR) is 91.4 cm³/mol. The van der Waals surface area contributed by atoms with E-state index in [4.69, 9.17) is 0 Å². The number of imide groups is 1. The second-order valence-electron chi connectivity index (χ2n) is 6.28. The molecule has 124 valence electrons. The van der Waals surface area contributed by atoms with Gasteiger partial charge in [0.15, 0.2) is 0 Å². The van der Waals surface area contributed by atoms with Gasteiger partial charge in [0.2, 0.25) is 5.71 Å². The van der Waals surface area contributed by atoms with Gasteiger partial charge >= 0.3 is 11.8 Å². The average Bonchev–Trinajstić information content (AvgIpc) is 2.53. The van der Waals surface area contributed by atoms with Crippen LogP contribution in [-0.4, -0.2) is 34.3 Å². The number of allylic oxidation sites excluding steroid dienone is 8. The zero-order valence-electron chi connectivity index (χ0n) is 14.3. The Labute approximate surface area is 141 Å². The van der Waals surface area contributed by atoms with Gasteiger partial charge in [0, 0.05) is 24.7 Å². The Bertz CT molecular complexity index is 831. The number of hydrogen-bond donors (Lipinski definition) is 2. The molecule has 0 aromatic rings. The molecule has 3 aliphatic rings. The van der Waals surface area contributed by atoms with Gasteiger partial charge in [-0.2, -0.15) is 0 Å². The monoisotopic (exact) mass is 325 g/mol. The molecule has 2 unspecified atom stereocenters. The highest BCUT2D eigenvalue weighted by Crippen LogP contribution is 2.42. The Kier molecular flexibility index (Phi) is 3.87. The molecule has 0 radical (unpaired) electrons. The maximum absolute atomic E-state index is 13.1. The molecule has 0 spiro atoms. The lowest BCUT2D eigenvalue weighted by Crippen LogP contribution is -2.47. The molecule has 0 bridgehead atoms. The van der Waals surface area contributed by atoms with Crippen molar-refractivity contribution in [3.8, 4) is 0 Å². The van der Waals surface area contributed by atoms with Gasteiger partial charge in [-0.1, -0.05) is 28.4 Å². The average molecular weight is 325 g/mol. The van der Waals surface area contributed by atoms with Gasteiger partial charge in [-0.25, -0.2) is 9.59 Å². The molecule has 5 nitrogen and oxygen atoms in total. The second-order valence-corrected chi connectivity index (χ2v) is 6.28. The molecule has 24 heavy (non-hydrogen) atoms. The third-order valence-corrected chi connectivity index (χ3v) is 4.72. The van der Waals surface area contributed by atoms with Crippen molar-refractivity contribution < 1.29 is 19.3 Å². The van der Waals surface area contributed by atoms with E-state index in [1.54, 1.807) is 20.0 Å². The van der Waals surface area contributed by atoms with Gasteiger partial charge in [0.1, 0.15) is 5.57 Å². The Morgan fingerprint density at radius 2 is 1.92 bits per heavy atom. The van der Waals surface area contributed by atoms with Crippen molar-refractivity contribution in [2.75, 3.05) is 7.05 Å². The summed E-state index contributed by atoms with van der Waals surface area (Å²) in [7, 11) is 1.75. The number of nitrogens with one attached hydrogen (secondary N) is 1. The van der Waals surface area contributed by atoms with E-state index in [1.165, 1.54) is 11.5 Å². The lowest BCUT2D eigenvalue weighted by Gasteiger charge is -2.34. The van der Waals surface area contributed by atoms with Crippen LogP contribution in [0.5, 0.6) is 0 Å². The Morgan fingerprint density at radius 1 is 1.21 bits per heavy atom. The summed E-state index contributed by atoms with van der Waals surface area (Å²) in [5, 5.41) is 13.2. The van der Waals surface area contributed by atoms with Crippen LogP contribution in [0.25, 0.3) is 0 Å². The number of likely N-dealkylation sites (N-methyl/N-ethyl adjacent to an activating group) is 1. The molecule has 2 N–H and O–H groups in total. The number of amides is 2. The van der Waals surface area contributed by atoms with Crippen molar-refractivity contribution in [3.63, 3.8) is 0 Å². The summed E-state index contributed by atoms with van der Waals surface area (Å²) in [6, 6.07) is 0. The largest absolute Gasteiger partial charge is 0.512 e. The lowest BCUT2D eigenvalue weighted by atomic mass is 9.70. The summed E-state index contributed by atoms with van der Waals surface area (Å²) in [6.07, 6.45) is 9.40. The topological polar surface area (TPSA) is 69.4 Å². The fraction of sp³-hybridized carbons (Fsp3) is 0.316. The molecule has 2 amide bonds. The van der Waals surface area contributed by atoms with Crippen LogP contribution in [0.15, 0.2) is 58.6 Å². The molecule has 1 heterocycles. The maximum atomic E-state index is 13.1. The third-order valence-electron chi connectivity index (χ3n) is 4.72. The zero-order chi connectivity index (χ0) is 17.6. The molecular formula is C19H21N2O3+. The summed E-state index contributed by atoms with van der Waals surface area (Å²) in [6.45, 7) is 5.00. The van der Waals surface area contributed by atoms with Gasteiger partial charge < -0.3 is 10.4 Å². The van der Waals surface area contributed by atoms with Crippen LogP contribution >= 0.6 is 0 Å². The van der Waals surface area contributed by atoms with Crippen LogP contribution < -0.4 is 5.32 Å². The molecule has 0 saturated heterocycles. The molecule has 1 aliphatic heterocycles. The van der Waals surface area contributed by atoms with Crippen LogP contribution in [0, 0.1) is 11.8 Å². The molecule has 0 aromatic heterocycles. The number of rotatable bonds is 1. The van der Waals surface area contributed by atoms with E-state index < -0.39 is 0 Å². The van der Waals surface area contributed by atoms with Crippen molar-refractivity contribution in [2.24, 2.45) is 11.8 Å². The number of fused-ring (bicyclic) bond motifs is 3. The zero-order valence-corrected chi connectivity index (χ0v) is 14.3. The molecule has 0 saturated carbocycles. The molecule has 5 heteroatoms. The van der Waals surface area contributed by atoms with Crippen molar-refractivity contribution in [3.05, 3.63) is 58.6 Å². The first-order chi connectivity index (χ1) is 11.4. The minimum atomic E-state index is -0.330. The van der Waals surface area contributed by atoms with E-state index in [9.17, 15) is 14.7 Å². The normalized spacial score (nSPS) is 27.7. The van der Waals surface area contributed by atoms with Crippen molar-refractivity contribution in [2.45, 2.75) is 20.8 Å². The Hall–Kier alpha value is -2.69. The second kappa shape index (κ2) is 5.74. The van der Waals surface area contributed by atoms with Crippen molar-refractivity contribution in [1.82, 2.24) is 5.32 Å². The predicted octanol–water partition coefficient (Wildman–Crippen LogP) is 2.15. The summed E-state index contributed by atoms with van der Waals surface area (Å²) in [5.74, 6) is -0.922. The highest BCUT2D eigenvalue weighted by molar-refractivity contribution is 6.10. The highest BCUT2D eigenvalue weighted by Gasteiger charge is 2.50. The Morgan fingerprint density at radius 3 is 2.50 bits per heavy atom. The van der Waals surface area contributed by atoms with Crippen LogP contribution in [-0.2, 0) is 9.59 Å². The number of carbonyl (C=O) groups excluding carboxylic acids is 2. The van der Waals surface area contributed by atoms with Gasteiger partial charge in [0.05, 0.1) is 18.6 Å². The van der Waals surface area contributed by atoms with E-state index in [2.05, 4.69) is 11.4 Å². The maximum Gasteiger partial charge on any atom is 0.426 e. The summed E-state index contributed by atoms with van der Waals surface area (Å²) in [4.78, 5) is 25.2. The molecule has 2 atom stereocenters. The molecular weight excluding hydrogens is 304 g/mol. The van der Waals surface area contributed by atoms with Gasteiger partial charge in [-0.15, -0.1) is 0 Å². The minimum Gasteiger partial charge on any atom is -0.512 e. The van der Waals surface area contributed by atoms with E-state index in [-0.39, 0.29) is 29.4 Å². The van der Waals surface area contributed by atoms with E-state index >= 15 is 0 Å². The van der Waals surface area contributed by atoms with Crippen LogP contribution in [0.1, 0.15) is 20.8 Å². The molecule has 0 fully saturated rings. The standard InChI is InChI=1S/C19H20N2O3/c1-10-5-8-16-14(9-10)17-13(11(2)22)6-7-15(20-4)18(17)19(24)21(16)12(3)23/h5-9,14,17H,1-4H3,(H-,20,22,24)/p+1. The van der Waals surface area contributed by atoms with Crippen LogP contribution in [0.4, 0.5) is 0 Å². The van der Waals surface area contributed by atoms with Crippen molar-refractivity contribution in [1.29, 1.82) is 0 Å². The Balaban J connectivity index is 2.36.